The highest BCUT2D eigenvalue weighted by Crippen LogP contribution is 2.25. The van der Waals surface area contributed by atoms with Crippen LogP contribution in [0.1, 0.15) is 25.0 Å². The predicted molar refractivity (Wildman–Crippen MR) is 80.2 cm³/mol. The maximum absolute atomic E-state index is 4.65. The van der Waals surface area contributed by atoms with Gasteiger partial charge in [0.15, 0.2) is 0 Å². The molecule has 1 aliphatic heterocycles. The Morgan fingerprint density at radius 3 is 2.72 bits per heavy atom. The Kier molecular flexibility index (Phi) is 5.01. The van der Waals surface area contributed by atoms with Crippen LogP contribution in [0.3, 0.4) is 0 Å². The summed E-state index contributed by atoms with van der Waals surface area (Å²) in [4.78, 5) is 7.06. The fraction of sp³-hybridized carbons (Fsp3) is 0.643. The van der Waals surface area contributed by atoms with E-state index in [-0.39, 0.29) is 0 Å². The molecule has 1 aliphatic rings. The van der Waals surface area contributed by atoms with Gasteiger partial charge in [-0.1, -0.05) is 0 Å². The second-order valence-corrected chi connectivity index (χ2v) is 5.91. The summed E-state index contributed by atoms with van der Waals surface area (Å²) in [5.41, 5.74) is 1.07. The van der Waals surface area contributed by atoms with Crippen LogP contribution in [0, 0.1) is 12.8 Å². The van der Waals surface area contributed by atoms with Gasteiger partial charge in [-0.25, -0.2) is 4.98 Å². The van der Waals surface area contributed by atoms with Crippen molar-refractivity contribution in [2.75, 3.05) is 31.6 Å². The fourth-order valence-electron chi connectivity index (χ4n) is 2.51. The highest BCUT2D eigenvalue weighted by atomic mass is 79.9. The van der Waals surface area contributed by atoms with E-state index in [0.717, 1.165) is 41.5 Å². The van der Waals surface area contributed by atoms with Crippen LogP contribution in [0.2, 0.25) is 0 Å². The number of halogens is 1. The number of piperidine rings is 1. The Morgan fingerprint density at radius 1 is 1.39 bits per heavy atom. The van der Waals surface area contributed by atoms with Crippen molar-refractivity contribution in [1.29, 1.82) is 0 Å². The van der Waals surface area contributed by atoms with E-state index in [4.69, 9.17) is 0 Å². The molecule has 1 N–H and O–H groups in total. The van der Waals surface area contributed by atoms with E-state index in [1.54, 1.807) is 0 Å². The monoisotopic (exact) mass is 311 g/mol. The van der Waals surface area contributed by atoms with E-state index in [9.17, 15) is 0 Å². The number of nitrogens with one attached hydrogen (secondary N) is 1. The summed E-state index contributed by atoms with van der Waals surface area (Å²) in [6.07, 6.45) is 3.88. The Hall–Kier alpha value is -0.610. The average Bonchev–Trinajstić information content (AvgIpc) is 2.40. The van der Waals surface area contributed by atoms with Crippen molar-refractivity contribution in [3.05, 3.63) is 22.3 Å². The molecule has 0 saturated carbocycles. The molecule has 4 heteroatoms. The van der Waals surface area contributed by atoms with Gasteiger partial charge in [-0.15, -0.1) is 0 Å². The number of hydrogen-bond donors (Lipinski definition) is 1. The van der Waals surface area contributed by atoms with Gasteiger partial charge >= 0.3 is 0 Å². The van der Waals surface area contributed by atoms with Crippen molar-refractivity contribution in [2.24, 2.45) is 5.92 Å². The van der Waals surface area contributed by atoms with Crippen LogP contribution in [0.5, 0.6) is 0 Å². The lowest BCUT2D eigenvalue weighted by Crippen LogP contribution is -2.35. The molecule has 3 nitrogen and oxygen atoms in total. The van der Waals surface area contributed by atoms with Crippen molar-refractivity contribution in [2.45, 2.75) is 26.2 Å². The van der Waals surface area contributed by atoms with Gasteiger partial charge in [-0.2, -0.15) is 0 Å². The summed E-state index contributed by atoms with van der Waals surface area (Å²) in [6.45, 7) is 5.47. The molecule has 1 aromatic heterocycles. The maximum atomic E-state index is 4.65. The first-order valence-corrected chi connectivity index (χ1v) is 7.52. The first-order chi connectivity index (χ1) is 8.70. The first-order valence-electron chi connectivity index (χ1n) is 6.73. The minimum absolute atomic E-state index is 0.880. The van der Waals surface area contributed by atoms with Gasteiger partial charge in [-0.05, 0) is 73.8 Å². The first kappa shape index (κ1) is 13.8. The molecule has 0 atom stereocenters. The van der Waals surface area contributed by atoms with Crippen LogP contribution in [0.15, 0.2) is 16.6 Å². The Labute approximate surface area is 118 Å². The fourth-order valence-corrected chi connectivity index (χ4v) is 2.73. The second kappa shape index (κ2) is 6.53. The molecule has 0 amide bonds. The zero-order chi connectivity index (χ0) is 13.0. The third kappa shape index (κ3) is 3.45. The third-order valence-corrected chi connectivity index (χ3v) is 4.59. The van der Waals surface area contributed by atoms with Crippen LogP contribution in [0.4, 0.5) is 5.82 Å². The normalized spacial score (nSPS) is 17.2. The molecular formula is C14H22BrN3. The lowest BCUT2D eigenvalue weighted by atomic mass is 9.93. The molecule has 1 saturated heterocycles. The van der Waals surface area contributed by atoms with E-state index in [1.807, 2.05) is 14.0 Å². The SMILES string of the molecule is CNCCC1CCN(c2ccc(Br)c(C)n2)CC1. The van der Waals surface area contributed by atoms with Gasteiger partial charge in [0.1, 0.15) is 5.82 Å². The van der Waals surface area contributed by atoms with Crippen molar-refractivity contribution >= 4 is 21.7 Å². The molecule has 0 aliphatic carbocycles. The Morgan fingerprint density at radius 2 is 2.11 bits per heavy atom. The van der Waals surface area contributed by atoms with Crippen LogP contribution in [-0.4, -0.2) is 31.7 Å². The molecule has 0 radical (unpaired) electrons. The average molecular weight is 312 g/mol. The molecule has 0 bridgehead atoms. The molecule has 0 aromatic carbocycles. The highest BCUT2D eigenvalue weighted by Gasteiger charge is 2.19. The van der Waals surface area contributed by atoms with E-state index < -0.39 is 0 Å². The minimum atomic E-state index is 0.880. The topological polar surface area (TPSA) is 28.2 Å². The summed E-state index contributed by atoms with van der Waals surface area (Å²) < 4.78 is 1.09. The van der Waals surface area contributed by atoms with Crippen LogP contribution in [0.25, 0.3) is 0 Å². The third-order valence-electron chi connectivity index (χ3n) is 3.75. The van der Waals surface area contributed by atoms with E-state index in [1.165, 1.54) is 19.3 Å². The number of anilines is 1. The number of rotatable bonds is 4. The molecular weight excluding hydrogens is 290 g/mol. The van der Waals surface area contributed by atoms with Gasteiger partial charge in [-0.3, -0.25) is 0 Å². The van der Waals surface area contributed by atoms with Crippen LogP contribution in [-0.2, 0) is 0 Å². The van der Waals surface area contributed by atoms with Gasteiger partial charge in [0.05, 0.1) is 5.69 Å². The lowest BCUT2D eigenvalue weighted by Gasteiger charge is -2.33. The van der Waals surface area contributed by atoms with Crippen molar-refractivity contribution < 1.29 is 0 Å². The van der Waals surface area contributed by atoms with Gasteiger partial charge in [0.2, 0.25) is 0 Å². The lowest BCUT2D eigenvalue weighted by molar-refractivity contribution is 0.377. The summed E-state index contributed by atoms with van der Waals surface area (Å²) in [5, 5.41) is 3.24. The van der Waals surface area contributed by atoms with E-state index >= 15 is 0 Å². The Balaban J connectivity index is 1.90. The van der Waals surface area contributed by atoms with Gasteiger partial charge < -0.3 is 10.2 Å². The quantitative estimate of drug-likeness (QED) is 0.926. The predicted octanol–water partition coefficient (Wildman–Crippen LogP) is 2.98. The molecule has 18 heavy (non-hydrogen) atoms. The minimum Gasteiger partial charge on any atom is -0.357 e. The second-order valence-electron chi connectivity index (χ2n) is 5.06. The molecule has 1 aromatic rings. The maximum Gasteiger partial charge on any atom is 0.128 e. The molecule has 0 unspecified atom stereocenters. The van der Waals surface area contributed by atoms with Crippen LogP contribution < -0.4 is 10.2 Å². The Bertz CT molecular complexity index is 387. The largest absolute Gasteiger partial charge is 0.357 e. The van der Waals surface area contributed by atoms with Crippen molar-refractivity contribution in [3.8, 4) is 0 Å². The highest BCUT2D eigenvalue weighted by molar-refractivity contribution is 9.10. The molecule has 100 valence electrons. The molecule has 1 fully saturated rings. The van der Waals surface area contributed by atoms with Crippen molar-refractivity contribution in [1.82, 2.24) is 10.3 Å². The van der Waals surface area contributed by atoms with Crippen molar-refractivity contribution in [3.63, 3.8) is 0 Å². The zero-order valence-electron chi connectivity index (χ0n) is 11.2. The molecule has 0 spiro atoms. The molecule has 2 rings (SSSR count). The zero-order valence-corrected chi connectivity index (χ0v) is 12.8. The van der Waals surface area contributed by atoms with Crippen LogP contribution >= 0.6 is 15.9 Å². The number of hydrogen-bond acceptors (Lipinski definition) is 3. The smallest absolute Gasteiger partial charge is 0.128 e. The summed E-state index contributed by atoms with van der Waals surface area (Å²) in [5.74, 6) is 2.01. The number of aromatic nitrogens is 1. The molecule has 2 heterocycles. The summed E-state index contributed by atoms with van der Waals surface area (Å²) in [6, 6.07) is 4.22. The van der Waals surface area contributed by atoms with E-state index in [0.29, 0.717) is 0 Å². The number of aryl methyl sites for hydroxylation is 1. The number of nitrogens with zero attached hydrogens (tertiary/aromatic N) is 2. The summed E-state index contributed by atoms with van der Waals surface area (Å²) in [7, 11) is 2.03. The number of pyridine rings is 1. The summed E-state index contributed by atoms with van der Waals surface area (Å²) >= 11 is 3.50. The van der Waals surface area contributed by atoms with Gasteiger partial charge in [0.25, 0.3) is 0 Å². The standard InChI is InChI=1S/C14H22BrN3/c1-11-13(15)3-4-14(17-11)18-9-6-12(7-10-18)5-8-16-2/h3-4,12,16H,5-10H2,1-2H3. The van der Waals surface area contributed by atoms with Gasteiger partial charge in [0, 0.05) is 17.6 Å². The van der Waals surface area contributed by atoms with E-state index in [2.05, 4.69) is 43.3 Å².